The predicted octanol–water partition coefficient (Wildman–Crippen LogP) is 4.05. The Balaban J connectivity index is 1.37. The third kappa shape index (κ3) is 5.15. The van der Waals surface area contributed by atoms with Crippen LogP contribution in [0.2, 0.25) is 10.0 Å². The molecule has 2 aromatic heterocycles. The number of carbonyl (C=O) groups excluding carboxylic acids is 2. The van der Waals surface area contributed by atoms with Crippen LogP contribution in [0.15, 0.2) is 42.6 Å². The number of aromatic nitrogens is 3. The molecular formula is C23H22Cl2FN5O3. The van der Waals surface area contributed by atoms with Gasteiger partial charge in [0.05, 0.1) is 24.0 Å². The molecule has 4 rings (SSSR count). The minimum Gasteiger partial charge on any atom is -0.481 e. The number of nitrogens with one attached hydrogen (secondary N) is 2. The van der Waals surface area contributed by atoms with Gasteiger partial charge in [-0.1, -0.05) is 35.3 Å². The number of rotatable bonds is 6. The molecule has 0 radical (unpaired) electrons. The number of aromatic amines is 1. The highest BCUT2D eigenvalue weighted by Gasteiger charge is 2.42. The van der Waals surface area contributed by atoms with Gasteiger partial charge in [-0.3, -0.25) is 14.7 Å². The van der Waals surface area contributed by atoms with Crippen molar-refractivity contribution in [3.63, 3.8) is 0 Å². The Labute approximate surface area is 205 Å². The summed E-state index contributed by atoms with van der Waals surface area (Å²) >= 11 is 12.2. The minimum atomic E-state index is -2.05. The number of methoxy groups -OCH3 is 1. The van der Waals surface area contributed by atoms with Crippen LogP contribution in [-0.4, -0.2) is 57.8 Å². The Hall–Kier alpha value is -3.17. The van der Waals surface area contributed by atoms with Crippen LogP contribution in [0.25, 0.3) is 11.3 Å². The minimum absolute atomic E-state index is 0.0892. The van der Waals surface area contributed by atoms with Gasteiger partial charge in [-0.15, -0.1) is 0 Å². The number of likely N-dealkylation sites (tertiary alicyclic amines) is 1. The van der Waals surface area contributed by atoms with E-state index in [1.807, 2.05) is 0 Å². The monoisotopic (exact) mass is 505 g/mol. The number of alkyl halides is 1. The van der Waals surface area contributed by atoms with Crippen LogP contribution in [0.4, 0.5) is 4.39 Å². The summed E-state index contributed by atoms with van der Waals surface area (Å²) in [6.07, 6.45) is 1.23. The van der Waals surface area contributed by atoms with E-state index in [0.29, 0.717) is 27.2 Å². The second-order valence-corrected chi connectivity index (χ2v) is 8.79. The van der Waals surface area contributed by atoms with Gasteiger partial charge in [0.25, 0.3) is 11.8 Å². The lowest BCUT2D eigenvalue weighted by Crippen LogP contribution is -2.52. The van der Waals surface area contributed by atoms with Crippen molar-refractivity contribution >= 4 is 35.0 Å². The Kier molecular flexibility index (Phi) is 7.04. The topological polar surface area (TPSA) is 100 Å². The molecule has 3 aromatic rings. The molecule has 3 heterocycles. The lowest BCUT2D eigenvalue weighted by atomic mass is 9.92. The van der Waals surface area contributed by atoms with Crippen molar-refractivity contribution in [2.45, 2.75) is 25.1 Å². The molecule has 0 saturated carbocycles. The van der Waals surface area contributed by atoms with Gasteiger partial charge in [-0.25, -0.2) is 9.37 Å². The number of nitrogens with zero attached hydrogens (tertiary/aromatic N) is 3. The van der Waals surface area contributed by atoms with E-state index in [1.54, 1.807) is 36.4 Å². The molecule has 2 amide bonds. The normalized spacial score (nSPS) is 15.1. The number of ether oxygens (including phenoxy) is 1. The number of benzene rings is 1. The number of hydrogen-bond acceptors (Lipinski definition) is 5. The lowest BCUT2D eigenvalue weighted by molar-refractivity contribution is -0.135. The van der Waals surface area contributed by atoms with Crippen molar-refractivity contribution < 1.29 is 18.7 Å². The second-order valence-electron chi connectivity index (χ2n) is 7.94. The van der Waals surface area contributed by atoms with Crippen LogP contribution in [0, 0.1) is 0 Å². The van der Waals surface area contributed by atoms with E-state index in [9.17, 15) is 9.59 Å². The molecule has 11 heteroatoms. The largest absolute Gasteiger partial charge is 0.481 e. The fraction of sp³-hybridized carbons (Fsp3) is 0.304. The van der Waals surface area contributed by atoms with Crippen LogP contribution < -0.4 is 10.1 Å². The molecule has 0 unspecified atom stereocenters. The zero-order valence-corrected chi connectivity index (χ0v) is 19.8. The van der Waals surface area contributed by atoms with Gasteiger partial charge in [-0.2, -0.15) is 5.10 Å². The lowest BCUT2D eigenvalue weighted by Gasteiger charge is -2.35. The van der Waals surface area contributed by atoms with Crippen LogP contribution in [0.5, 0.6) is 5.88 Å². The summed E-state index contributed by atoms with van der Waals surface area (Å²) in [4.78, 5) is 30.9. The second kappa shape index (κ2) is 9.99. The fourth-order valence-electron chi connectivity index (χ4n) is 3.75. The van der Waals surface area contributed by atoms with Crippen molar-refractivity contribution in [2.75, 3.05) is 20.2 Å². The Bertz CT molecular complexity index is 1210. The zero-order valence-electron chi connectivity index (χ0n) is 18.3. The van der Waals surface area contributed by atoms with Gasteiger partial charge in [0.1, 0.15) is 0 Å². The Morgan fingerprint density at radius 1 is 1.24 bits per heavy atom. The number of carbonyl (C=O) groups is 2. The summed E-state index contributed by atoms with van der Waals surface area (Å²) in [6, 6.07) is 10.2. The first-order valence-electron chi connectivity index (χ1n) is 10.6. The number of H-pyrrole nitrogens is 1. The van der Waals surface area contributed by atoms with Crippen LogP contribution in [-0.2, 0) is 11.3 Å². The van der Waals surface area contributed by atoms with E-state index < -0.39 is 11.6 Å². The summed E-state index contributed by atoms with van der Waals surface area (Å²) in [6.45, 7) is 0.351. The highest BCUT2D eigenvalue weighted by Crippen LogP contribution is 2.31. The van der Waals surface area contributed by atoms with Gasteiger partial charge in [0, 0.05) is 49.1 Å². The van der Waals surface area contributed by atoms with Crippen molar-refractivity contribution in [1.82, 2.24) is 25.4 Å². The molecule has 1 fully saturated rings. The van der Waals surface area contributed by atoms with E-state index in [4.69, 9.17) is 27.9 Å². The van der Waals surface area contributed by atoms with E-state index >= 15 is 4.39 Å². The number of halogens is 3. The molecule has 8 nitrogen and oxygen atoms in total. The number of amides is 2. The molecule has 34 heavy (non-hydrogen) atoms. The van der Waals surface area contributed by atoms with E-state index in [2.05, 4.69) is 20.5 Å². The molecule has 178 valence electrons. The number of hydrogen-bond donors (Lipinski definition) is 2. The van der Waals surface area contributed by atoms with Crippen LogP contribution in [0.3, 0.4) is 0 Å². The zero-order chi connectivity index (χ0) is 24.3. The molecule has 2 N–H and O–H groups in total. The average Bonchev–Trinajstić information content (AvgIpc) is 3.33. The summed E-state index contributed by atoms with van der Waals surface area (Å²) in [5.41, 5.74) is -0.00573. The molecule has 1 aromatic carbocycles. The maximum atomic E-state index is 15.3. The average molecular weight is 506 g/mol. The van der Waals surface area contributed by atoms with Gasteiger partial charge in [0.15, 0.2) is 11.4 Å². The quantitative estimate of drug-likeness (QED) is 0.526. The van der Waals surface area contributed by atoms with Crippen molar-refractivity contribution in [3.8, 4) is 17.1 Å². The van der Waals surface area contributed by atoms with E-state index in [-0.39, 0.29) is 44.1 Å². The van der Waals surface area contributed by atoms with E-state index in [0.717, 1.165) is 5.56 Å². The van der Waals surface area contributed by atoms with Crippen molar-refractivity contribution in [2.24, 2.45) is 0 Å². The van der Waals surface area contributed by atoms with Crippen LogP contribution >= 0.6 is 23.2 Å². The first kappa shape index (κ1) is 24.0. The highest BCUT2D eigenvalue weighted by molar-refractivity contribution is 6.33. The molecular weight excluding hydrogens is 484 g/mol. The summed E-state index contributed by atoms with van der Waals surface area (Å²) in [5.74, 6) is -0.685. The maximum Gasteiger partial charge on any atom is 0.274 e. The first-order valence-corrected chi connectivity index (χ1v) is 11.3. The van der Waals surface area contributed by atoms with Crippen molar-refractivity contribution in [3.05, 3.63) is 63.9 Å². The fourth-order valence-corrected chi connectivity index (χ4v) is 4.17. The van der Waals surface area contributed by atoms with Crippen molar-refractivity contribution in [1.29, 1.82) is 0 Å². The molecule has 1 aliphatic rings. The molecule has 1 aliphatic heterocycles. The summed E-state index contributed by atoms with van der Waals surface area (Å²) in [7, 11) is 1.49. The number of pyridine rings is 1. The standard InChI is InChI=1S/C23H22Cl2FN5O3/c1-34-20-10-16(17(25)13-27-20)18-11-19(30-29-18)21(32)31-7-5-23(26,6-8-31)22(33)28-12-14-3-2-4-15(24)9-14/h2-4,9-11,13H,5-8,12H2,1H3,(H,28,33)(H,29,30). The highest BCUT2D eigenvalue weighted by atomic mass is 35.5. The third-order valence-corrected chi connectivity index (χ3v) is 6.26. The van der Waals surface area contributed by atoms with Gasteiger partial charge in [-0.05, 0) is 23.8 Å². The molecule has 0 aliphatic carbocycles. The Morgan fingerprint density at radius 2 is 2.00 bits per heavy atom. The summed E-state index contributed by atoms with van der Waals surface area (Å²) in [5, 5.41) is 10.4. The van der Waals surface area contributed by atoms with Crippen LogP contribution in [0.1, 0.15) is 28.9 Å². The Morgan fingerprint density at radius 3 is 2.71 bits per heavy atom. The molecule has 1 saturated heterocycles. The van der Waals surface area contributed by atoms with E-state index in [1.165, 1.54) is 18.2 Å². The smallest absolute Gasteiger partial charge is 0.274 e. The molecule has 0 atom stereocenters. The molecule has 0 bridgehead atoms. The van der Waals surface area contributed by atoms with Gasteiger partial charge >= 0.3 is 0 Å². The third-order valence-electron chi connectivity index (χ3n) is 5.72. The first-order chi connectivity index (χ1) is 16.3. The molecule has 0 spiro atoms. The van der Waals surface area contributed by atoms with Gasteiger partial charge < -0.3 is 15.0 Å². The number of piperidine rings is 1. The predicted molar refractivity (Wildman–Crippen MR) is 126 cm³/mol. The SMILES string of the molecule is COc1cc(-c2cc(C(=O)N3CCC(F)(C(=O)NCc4cccc(Cl)c4)CC3)n[nH]2)c(Cl)cn1. The van der Waals surface area contributed by atoms with Gasteiger partial charge in [0.2, 0.25) is 5.88 Å². The maximum absolute atomic E-state index is 15.3. The summed E-state index contributed by atoms with van der Waals surface area (Å²) < 4.78 is 20.4.